The molecule has 4 fully saturated rings. The smallest absolute Gasteiger partial charge is 0.136 e. The Labute approximate surface area is 175 Å². The maximum absolute atomic E-state index is 6.54. The lowest BCUT2D eigenvalue weighted by atomic mass is 9.64. The summed E-state index contributed by atoms with van der Waals surface area (Å²) in [5.41, 5.74) is 6.44. The quantitative estimate of drug-likeness (QED) is 0.333. The number of halogens is 1. The van der Waals surface area contributed by atoms with E-state index in [9.17, 15) is 0 Å². The van der Waals surface area contributed by atoms with Crippen molar-refractivity contribution in [2.24, 2.45) is 17.8 Å². The van der Waals surface area contributed by atoms with Crippen LogP contribution < -0.4 is 0 Å². The minimum absolute atomic E-state index is 0.401. The van der Waals surface area contributed by atoms with Gasteiger partial charge in [0.15, 0.2) is 0 Å². The Morgan fingerprint density at radius 1 is 0.828 bits per heavy atom. The molecule has 0 saturated heterocycles. The maximum Gasteiger partial charge on any atom is 0.136 e. The van der Waals surface area contributed by atoms with Crippen LogP contribution in [-0.2, 0) is 5.41 Å². The molecule has 144 valence electrons. The summed E-state index contributed by atoms with van der Waals surface area (Å²) in [6.45, 7) is 0. The molecule has 2 unspecified atom stereocenters. The normalized spacial score (nSPS) is 30.0. The third-order valence-electron chi connectivity index (χ3n) is 8.18. The van der Waals surface area contributed by atoms with E-state index in [4.69, 9.17) is 16.0 Å². The van der Waals surface area contributed by atoms with Crippen molar-refractivity contribution in [1.29, 1.82) is 0 Å². The van der Waals surface area contributed by atoms with Gasteiger partial charge in [-0.05, 0) is 96.2 Å². The Kier molecular flexibility index (Phi) is 3.23. The van der Waals surface area contributed by atoms with E-state index < -0.39 is 0 Å². The SMILES string of the molecule is Clc1cccc2oc3ccc(-c4ccccc4C45CC6CC(C4)C(C6)C5)cc3c12. The Morgan fingerprint density at radius 3 is 2.48 bits per heavy atom. The van der Waals surface area contributed by atoms with Gasteiger partial charge in [-0.15, -0.1) is 0 Å². The van der Waals surface area contributed by atoms with Gasteiger partial charge in [0.05, 0.1) is 5.02 Å². The zero-order chi connectivity index (χ0) is 19.2. The molecule has 4 aliphatic carbocycles. The second kappa shape index (κ2) is 5.67. The number of hydrogen-bond donors (Lipinski definition) is 0. The van der Waals surface area contributed by atoms with E-state index in [1.54, 1.807) is 5.56 Å². The van der Waals surface area contributed by atoms with Crippen LogP contribution in [0.2, 0.25) is 5.02 Å². The molecule has 1 heterocycles. The summed E-state index contributed by atoms with van der Waals surface area (Å²) in [5, 5.41) is 2.91. The molecule has 0 N–H and O–H groups in total. The van der Waals surface area contributed by atoms with Crippen molar-refractivity contribution in [2.75, 3.05) is 0 Å². The van der Waals surface area contributed by atoms with E-state index in [1.807, 2.05) is 18.2 Å². The molecule has 4 aliphatic rings. The van der Waals surface area contributed by atoms with Gasteiger partial charge in [0.1, 0.15) is 11.2 Å². The Hall–Kier alpha value is -2.25. The second-order valence-corrected chi connectivity index (χ2v) is 10.1. The molecule has 4 bridgehead atoms. The van der Waals surface area contributed by atoms with Crippen molar-refractivity contribution in [2.45, 2.75) is 37.5 Å². The van der Waals surface area contributed by atoms with Crippen LogP contribution in [0, 0.1) is 17.8 Å². The molecular formula is C27H23ClO. The van der Waals surface area contributed by atoms with Crippen LogP contribution in [0.3, 0.4) is 0 Å². The average molecular weight is 399 g/mol. The van der Waals surface area contributed by atoms with Crippen LogP contribution in [0.25, 0.3) is 33.1 Å². The van der Waals surface area contributed by atoms with Crippen molar-refractivity contribution in [3.8, 4) is 11.1 Å². The van der Waals surface area contributed by atoms with E-state index in [-0.39, 0.29) is 0 Å². The van der Waals surface area contributed by atoms with Crippen molar-refractivity contribution >= 4 is 33.5 Å². The first-order valence-corrected chi connectivity index (χ1v) is 11.3. The van der Waals surface area contributed by atoms with Crippen molar-refractivity contribution in [1.82, 2.24) is 0 Å². The second-order valence-electron chi connectivity index (χ2n) is 9.72. The van der Waals surface area contributed by atoms with Gasteiger partial charge in [0.25, 0.3) is 0 Å². The van der Waals surface area contributed by atoms with Crippen molar-refractivity contribution in [3.05, 3.63) is 71.2 Å². The summed E-state index contributed by atoms with van der Waals surface area (Å²) in [4.78, 5) is 0. The Bertz CT molecular complexity index is 1260. The molecule has 8 rings (SSSR count). The Morgan fingerprint density at radius 2 is 1.66 bits per heavy atom. The summed E-state index contributed by atoms with van der Waals surface area (Å²) >= 11 is 6.54. The van der Waals surface area contributed by atoms with Gasteiger partial charge in [-0.25, -0.2) is 0 Å². The standard InChI is InChI=1S/C27H23ClO/c28-23-6-3-7-25-26(23)21-12-17(8-9-24(21)29-25)20-4-1-2-5-22(20)27-13-16-10-18(14-27)19(11-16)15-27/h1-9,12,16,18-19H,10-11,13-15H2. The van der Waals surface area contributed by atoms with Crippen LogP contribution in [0.1, 0.15) is 37.7 Å². The molecule has 3 aromatic carbocycles. The van der Waals surface area contributed by atoms with Gasteiger partial charge in [-0.3, -0.25) is 0 Å². The maximum atomic E-state index is 6.54. The van der Waals surface area contributed by atoms with Crippen LogP contribution in [0.4, 0.5) is 0 Å². The third kappa shape index (κ3) is 2.23. The van der Waals surface area contributed by atoms with E-state index in [2.05, 4.69) is 42.5 Å². The number of benzene rings is 3. The lowest BCUT2D eigenvalue weighted by molar-refractivity contribution is 0.230. The van der Waals surface area contributed by atoms with E-state index >= 15 is 0 Å². The molecule has 0 radical (unpaired) electrons. The first kappa shape index (κ1) is 16.5. The third-order valence-corrected chi connectivity index (χ3v) is 8.49. The number of fused-ring (bicyclic) bond motifs is 3. The molecule has 2 atom stereocenters. The fourth-order valence-corrected chi connectivity index (χ4v) is 7.56. The molecule has 29 heavy (non-hydrogen) atoms. The first-order chi connectivity index (χ1) is 14.2. The van der Waals surface area contributed by atoms with Crippen LogP contribution in [0.5, 0.6) is 0 Å². The van der Waals surface area contributed by atoms with E-state index in [0.717, 1.165) is 44.7 Å². The molecule has 1 aromatic heterocycles. The van der Waals surface area contributed by atoms with Gasteiger partial charge < -0.3 is 4.42 Å². The number of rotatable bonds is 2. The number of hydrogen-bond acceptors (Lipinski definition) is 1. The number of furan rings is 1. The van der Waals surface area contributed by atoms with Crippen molar-refractivity contribution < 1.29 is 4.42 Å². The summed E-state index contributed by atoms with van der Waals surface area (Å²) in [5.74, 6) is 2.90. The van der Waals surface area contributed by atoms with E-state index in [1.165, 1.54) is 43.2 Å². The lowest BCUT2D eigenvalue weighted by Gasteiger charge is -2.40. The summed E-state index contributed by atoms with van der Waals surface area (Å²) in [7, 11) is 0. The summed E-state index contributed by atoms with van der Waals surface area (Å²) < 4.78 is 6.05. The first-order valence-electron chi connectivity index (χ1n) is 10.9. The topological polar surface area (TPSA) is 13.1 Å². The van der Waals surface area contributed by atoms with Crippen LogP contribution >= 0.6 is 11.6 Å². The molecule has 4 aromatic rings. The van der Waals surface area contributed by atoms with Crippen LogP contribution in [0.15, 0.2) is 65.1 Å². The predicted octanol–water partition coefficient (Wildman–Crippen LogP) is 7.98. The van der Waals surface area contributed by atoms with Gasteiger partial charge in [0.2, 0.25) is 0 Å². The molecule has 2 heteroatoms. The predicted molar refractivity (Wildman–Crippen MR) is 119 cm³/mol. The fraction of sp³-hybridized carbons (Fsp3) is 0.333. The molecule has 1 nitrogen and oxygen atoms in total. The largest absolute Gasteiger partial charge is 0.456 e. The average Bonchev–Trinajstić information content (AvgIpc) is 3.33. The fourth-order valence-electron chi connectivity index (χ4n) is 7.29. The zero-order valence-electron chi connectivity index (χ0n) is 16.3. The monoisotopic (exact) mass is 398 g/mol. The van der Waals surface area contributed by atoms with Gasteiger partial charge in [0, 0.05) is 10.8 Å². The highest BCUT2D eigenvalue weighted by atomic mass is 35.5. The summed E-state index contributed by atoms with van der Waals surface area (Å²) in [6.07, 6.45) is 7.15. The van der Waals surface area contributed by atoms with Crippen LogP contribution in [-0.4, -0.2) is 0 Å². The molecule has 4 saturated carbocycles. The highest BCUT2D eigenvalue weighted by Gasteiger charge is 2.56. The molecule has 0 spiro atoms. The van der Waals surface area contributed by atoms with E-state index in [0.29, 0.717) is 5.41 Å². The lowest BCUT2D eigenvalue weighted by Crippen LogP contribution is -2.32. The zero-order valence-corrected chi connectivity index (χ0v) is 17.1. The molecular weight excluding hydrogens is 376 g/mol. The summed E-state index contributed by atoms with van der Waals surface area (Å²) in [6, 6.07) is 21.7. The molecule has 0 aliphatic heterocycles. The van der Waals surface area contributed by atoms with Gasteiger partial charge >= 0.3 is 0 Å². The Balaban J connectivity index is 1.43. The minimum atomic E-state index is 0.401. The van der Waals surface area contributed by atoms with Gasteiger partial charge in [-0.1, -0.05) is 48.0 Å². The minimum Gasteiger partial charge on any atom is -0.456 e. The highest BCUT2D eigenvalue weighted by molar-refractivity contribution is 6.37. The highest BCUT2D eigenvalue weighted by Crippen LogP contribution is 2.65. The van der Waals surface area contributed by atoms with Gasteiger partial charge in [-0.2, -0.15) is 0 Å². The van der Waals surface area contributed by atoms with Crippen molar-refractivity contribution in [3.63, 3.8) is 0 Å². The molecule has 0 amide bonds.